The second-order valence-corrected chi connectivity index (χ2v) is 20.0. The Balaban J connectivity index is 0.00000898. The van der Waals surface area contributed by atoms with Crippen molar-refractivity contribution in [2.24, 2.45) is 5.41 Å². The standard InChI is InChI=1S/C45H40F12N3OPS.BrH/c1-41(2,3)38(60-40(63)59-34-24-32(44(52,53)54)23-33(25-34)45(55,56)57)39(61)58-35(21-28-13-7-4-8-14-28)27-62(36-15-9-5-10-16-36,37-17-11-6-12-18-37)26-29-19-30(42(46,47)48)22-31(20-29)43(49,50)51;/h4-20,22-25,35,38H,21,26-27H2,1-3H3,(H2-,58,59,60,61,63);1H/t35-,38+;/m0./s1. The van der Waals surface area contributed by atoms with Crippen LogP contribution >= 0.6 is 19.5 Å². The van der Waals surface area contributed by atoms with E-state index in [1.165, 1.54) is 0 Å². The van der Waals surface area contributed by atoms with E-state index >= 15 is 0 Å². The second-order valence-electron chi connectivity index (χ2n) is 16.0. The number of halogens is 13. The van der Waals surface area contributed by atoms with E-state index in [2.05, 4.69) is 16.0 Å². The molecule has 0 unspecified atom stereocenters. The van der Waals surface area contributed by atoms with Crippen molar-refractivity contribution in [1.29, 1.82) is 0 Å². The highest BCUT2D eigenvalue weighted by molar-refractivity contribution is 7.88. The topological polar surface area (TPSA) is 53.2 Å². The van der Waals surface area contributed by atoms with Gasteiger partial charge in [0.05, 0.1) is 58.5 Å². The quantitative estimate of drug-likeness (QED) is 0.0664. The Hall–Kier alpha value is -4.67. The van der Waals surface area contributed by atoms with Crippen LogP contribution in [-0.4, -0.2) is 29.3 Å². The smallest absolute Gasteiger partial charge is 0.416 e. The third-order valence-corrected chi connectivity index (χ3v) is 14.8. The first-order valence-electron chi connectivity index (χ1n) is 19.1. The van der Waals surface area contributed by atoms with Crippen LogP contribution < -0.4 is 43.5 Å². The molecule has 0 fully saturated rings. The van der Waals surface area contributed by atoms with Gasteiger partial charge in [0, 0.05) is 5.69 Å². The number of carbonyl (C=O) groups is 1. The second kappa shape index (κ2) is 20.2. The molecule has 5 rings (SSSR count). The van der Waals surface area contributed by atoms with Crippen molar-refractivity contribution in [1.82, 2.24) is 10.6 Å². The van der Waals surface area contributed by atoms with Gasteiger partial charge in [-0.3, -0.25) is 4.79 Å². The lowest BCUT2D eigenvalue weighted by Gasteiger charge is -2.35. The van der Waals surface area contributed by atoms with Crippen molar-refractivity contribution >= 4 is 46.8 Å². The minimum absolute atomic E-state index is 0. The normalized spacial score (nSPS) is 13.6. The number of hydrogen-bond donors (Lipinski definition) is 3. The number of carbonyl (C=O) groups excluding carboxylic acids is 1. The molecule has 5 aromatic rings. The van der Waals surface area contributed by atoms with Gasteiger partial charge >= 0.3 is 24.7 Å². The van der Waals surface area contributed by atoms with Gasteiger partial charge < -0.3 is 32.9 Å². The van der Waals surface area contributed by atoms with Crippen LogP contribution in [0.25, 0.3) is 0 Å². The monoisotopic (exact) mass is 1010 g/mol. The highest BCUT2D eigenvalue weighted by Gasteiger charge is 2.47. The molecule has 19 heteroatoms. The largest absolute Gasteiger partial charge is 1.00 e. The molecule has 344 valence electrons. The van der Waals surface area contributed by atoms with Gasteiger partial charge in [-0.15, -0.1) is 0 Å². The number of anilines is 1. The Morgan fingerprint density at radius 3 is 1.34 bits per heavy atom. The fourth-order valence-electron chi connectivity index (χ4n) is 7.18. The third kappa shape index (κ3) is 13.7. The first-order chi connectivity index (χ1) is 29.1. The molecule has 4 nitrogen and oxygen atoms in total. The molecular formula is C45H41BrF12N3OPS. The number of alkyl halides is 12. The molecule has 0 heterocycles. The van der Waals surface area contributed by atoms with E-state index in [0.717, 1.165) is 0 Å². The van der Waals surface area contributed by atoms with Crippen LogP contribution in [0.5, 0.6) is 0 Å². The maximum absolute atomic E-state index is 14.6. The molecule has 0 saturated heterocycles. The zero-order valence-corrected chi connectivity index (χ0v) is 37.4. The van der Waals surface area contributed by atoms with E-state index in [1.807, 2.05) is 0 Å². The van der Waals surface area contributed by atoms with E-state index in [1.54, 1.807) is 112 Å². The average Bonchev–Trinajstić information content (AvgIpc) is 3.18. The van der Waals surface area contributed by atoms with Crippen molar-refractivity contribution in [3.8, 4) is 0 Å². The van der Waals surface area contributed by atoms with E-state index in [-0.39, 0.29) is 53.4 Å². The van der Waals surface area contributed by atoms with Crippen molar-refractivity contribution in [3.63, 3.8) is 0 Å². The summed E-state index contributed by atoms with van der Waals surface area (Å²) < 4.78 is 167. The van der Waals surface area contributed by atoms with Crippen LogP contribution in [0, 0.1) is 5.41 Å². The van der Waals surface area contributed by atoms with E-state index in [0.29, 0.717) is 40.4 Å². The lowest BCUT2D eigenvalue weighted by molar-refractivity contribution is -0.144. The third-order valence-electron chi connectivity index (χ3n) is 10.1. The number of rotatable bonds is 12. The highest BCUT2D eigenvalue weighted by Crippen LogP contribution is 2.60. The van der Waals surface area contributed by atoms with Crippen molar-refractivity contribution in [2.45, 2.75) is 70.1 Å². The van der Waals surface area contributed by atoms with Crippen LogP contribution in [0.2, 0.25) is 0 Å². The van der Waals surface area contributed by atoms with Crippen LogP contribution in [0.3, 0.4) is 0 Å². The zero-order chi connectivity index (χ0) is 46.6. The SMILES string of the molecule is CC(C)(C)[C@H](NC(=S)Nc1cc(C(F)(F)F)cc(C(F)(F)F)c1)C(=O)N[C@@H](Cc1ccccc1)C[P+](Cc1cc(C(F)(F)F)cc(C(F)(F)F)c1)(c1ccccc1)c1ccccc1.[Br-]. The minimum Gasteiger partial charge on any atom is -1.00 e. The van der Waals surface area contributed by atoms with E-state index in [4.69, 9.17) is 12.2 Å². The first-order valence-corrected chi connectivity index (χ1v) is 21.7. The lowest BCUT2D eigenvalue weighted by Crippen LogP contribution is -3.00. The fraction of sp³-hybridized carbons (Fsp3) is 0.289. The number of nitrogens with one attached hydrogen (secondary N) is 3. The van der Waals surface area contributed by atoms with Gasteiger partial charge in [0.1, 0.15) is 6.04 Å². The molecule has 0 aromatic heterocycles. The molecule has 0 bridgehead atoms. The first kappa shape index (κ1) is 52.0. The predicted octanol–water partition coefficient (Wildman–Crippen LogP) is 9.06. The molecule has 0 radical (unpaired) electrons. The van der Waals surface area contributed by atoms with Crippen LogP contribution in [-0.2, 0) is 42.1 Å². The zero-order valence-electron chi connectivity index (χ0n) is 34.1. The summed E-state index contributed by atoms with van der Waals surface area (Å²) in [7, 11) is -3.19. The summed E-state index contributed by atoms with van der Waals surface area (Å²) in [4.78, 5) is 14.6. The van der Waals surface area contributed by atoms with Crippen LogP contribution in [0.4, 0.5) is 58.4 Å². The summed E-state index contributed by atoms with van der Waals surface area (Å²) in [5, 5.41) is 8.86. The molecule has 0 spiro atoms. The summed E-state index contributed by atoms with van der Waals surface area (Å²) in [6.45, 7) is 4.88. The summed E-state index contributed by atoms with van der Waals surface area (Å²) in [6.07, 6.45) is -20.7. The average molecular weight is 1010 g/mol. The fourth-order valence-corrected chi connectivity index (χ4v) is 11.9. The molecule has 3 N–H and O–H groups in total. The van der Waals surface area contributed by atoms with Gasteiger partial charge in [0.15, 0.2) is 5.11 Å². The van der Waals surface area contributed by atoms with Crippen molar-refractivity contribution < 1.29 is 74.5 Å². The van der Waals surface area contributed by atoms with E-state index < -0.39 is 88.4 Å². The Bertz CT molecular complexity index is 2250. The van der Waals surface area contributed by atoms with Gasteiger partial charge in [-0.1, -0.05) is 87.5 Å². The molecule has 2 atom stereocenters. The molecular weight excluding hydrogens is 969 g/mol. The van der Waals surface area contributed by atoms with Crippen molar-refractivity contribution in [3.05, 3.63) is 161 Å². The Morgan fingerprint density at radius 1 is 0.562 bits per heavy atom. The Morgan fingerprint density at radius 2 is 0.953 bits per heavy atom. The summed E-state index contributed by atoms with van der Waals surface area (Å²) in [6, 6.07) is 26.0. The molecule has 0 aliphatic heterocycles. The van der Waals surface area contributed by atoms with Gasteiger partial charge in [-0.05, 0) is 95.8 Å². The molecule has 64 heavy (non-hydrogen) atoms. The molecule has 5 aromatic carbocycles. The van der Waals surface area contributed by atoms with Gasteiger partial charge in [0.2, 0.25) is 5.91 Å². The van der Waals surface area contributed by atoms with Gasteiger partial charge in [-0.25, -0.2) is 0 Å². The molecule has 0 aliphatic rings. The van der Waals surface area contributed by atoms with Gasteiger partial charge in [-0.2, -0.15) is 52.7 Å². The summed E-state index contributed by atoms with van der Waals surface area (Å²) in [5.41, 5.74) is -7.38. The highest BCUT2D eigenvalue weighted by atomic mass is 79.9. The van der Waals surface area contributed by atoms with Gasteiger partial charge in [0.25, 0.3) is 0 Å². The van der Waals surface area contributed by atoms with Crippen LogP contribution in [0.1, 0.15) is 54.2 Å². The predicted molar refractivity (Wildman–Crippen MR) is 225 cm³/mol. The van der Waals surface area contributed by atoms with E-state index in [9.17, 15) is 57.5 Å². The number of hydrogen-bond acceptors (Lipinski definition) is 2. The maximum Gasteiger partial charge on any atom is 0.416 e. The number of amides is 1. The number of benzene rings is 5. The number of thiocarbonyl (C=S) groups is 1. The maximum atomic E-state index is 14.6. The summed E-state index contributed by atoms with van der Waals surface area (Å²) >= 11 is 5.33. The Kier molecular flexibility index (Phi) is 16.4. The Labute approximate surface area is 378 Å². The molecule has 1 amide bonds. The van der Waals surface area contributed by atoms with Crippen LogP contribution in [0.15, 0.2) is 127 Å². The lowest BCUT2D eigenvalue weighted by atomic mass is 9.86. The molecule has 0 saturated carbocycles. The van der Waals surface area contributed by atoms with Crippen molar-refractivity contribution in [2.75, 3.05) is 11.5 Å². The molecule has 0 aliphatic carbocycles. The minimum atomic E-state index is -5.15. The summed E-state index contributed by atoms with van der Waals surface area (Å²) in [5.74, 6) is -0.717.